The lowest BCUT2D eigenvalue weighted by Gasteiger charge is -2.21. The third-order valence-electron chi connectivity index (χ3n) is 4.33. The van der Waals surface area contributed by atoms with Crippen LogP contribution in [0.1, 0.15) is 25.7 Å². The Labute approximate surface area is 141 Å². The average Bonchev–Trinajstić information content (AvgIpc) is 3.04. The van der Waals surface area contributed by atoms with Gasteiger partial charge in [-0.05, 0) is 62.1 Å². The molecule has 0 unspecified atom stereocenters. The first-order valence-electron chi connectivity index (χ1n) is 7.86. The van der Waals surface area contributed by atoms with Crippen LogP contribution >= 0.6 is 0 Å². The molecule has 1 fully saturated rings. The minimum absolute atomic E-state index is 0.159. The standard InChI is InChI=1S/C18H19NO4S/c20-17(18(21)12-4-5-13-18)19-14-8-10-16(11-9-14)24(22,23)15-6-2-1-3-7-15/h1-3,6-11,21H,4-5,12-13H2,(H,19,20). The average molecular weight is 345 g/mol. The van der Waals surface area contributed by atoms with Gasteiger partial charge in [-0.2, -0.15) is 0 Å². The van der Waals surface area contributed by atoms with Crippen molar-refractivity contribution < 1.29 is 18.3 Å². The van der Waals surface area contributed by atoms with Crippen molar-refractivity contribution in [2.24, 2.45) is 0 Å². The molecule has 0 radical (unpaired) electrons. The Morgan fingerprint density at radius 3 is 2.04 bits per heavy atom. The minimum atomic E-state index is -3.57. The molecule has 2 N–H and O–H groups in total. The highest BCUT2D eigenvalue weighted by molar-refractivity contribution is 7.91. The Morgan fingerprint density at radius 2 is 1.46 bits per heavy atom. The van der Waals surface area contributed by atoms with Gasteiger partial charge in [-0.25, -0.2) is 8.42 Å². The summed E-state index contributed by atoms with van der Waals surface area (Å²) in [6.07, 6.45) is 2.58. The van der Waals surface area contributed by atoms with Crippen molar-refractivity contribution in [3.8, 4) is 0 Å². The smallest absolute Gasteiger partial charge is 0.256 e. The van der Waals surface area contributed by atoms with E-state index in [1.165, 1.54) is 24.3 Å². The van der Waals surface area contributed by atoms with Crippen LogP contribution in [0.4, 0.5) is 5.69 Å². The Balaban J connectivity index is 1.78. The van der Waals surface area contributed by atoms with Crippen LogP contribution in [0, 0.1) is 0 Å². The Bertz CT molecular complexity index is 823. The van der Waals surface area contributed by atoms with Crippen LogP contribution in [0.2, 0.25) is 0 Å². The zero-order chi connectivity index (χ0) is 17.2. The second-order valence-corrected chi connectivity index (χ2v) is 7.98. The Kier molecular flexibility index (Phi) is 4.43. The maximum absolute atomic E-state index is 12.5. The lowest BCUT2D eigenvalue weighted by Crippen LogP contribution is -2.40. The number of benzene rings is 2. The van der Waals surface area contributed by atoms with Crippen LogP contribution in [0.3, 0.4) is 0 Å². The normalized spacial score (nSPS) is 16.7. The monoisotopic (exact) mass is 345 g/mol. The Hall–Kier alpha value is -2.18. The lowest BCUT2D eigenvalue weighted by atomic mass is 10.0. The number of amides is 1. The summed E-state index contributed by atoms with van der Waals surface area (Å²) in [5, 5.41) is 12.9. The van der Waals surface area contributed by atoms with Gasteiger partial charge in [0.2, 0.25) is 9.84 Å². The summed E-state index contributed by atoms with van der Waals surface area (Å²) in [4.78, 5) is 12.5. The van der Waals surface area contributed by atoms with Crippen molar-refractivity contribution in [1.82, 2.24) is 0 Å². The van der Waals surface area contributed by atoms with E-state index in [9.17, 15) is 18.3 Å². The van der Waals surface area contributed by atoms with Gasteiger partial charge in [0, 0.05) is 5.69 Å². The van der Waals surface area contributed by atoms with E-state index in [0.29, 0.717) is 18.5 Å². The first-order valence-corrected chi connectivity index (χ1v) is 9.34. The number of rotatable bonds is 4. The summed E-state index contributed by atoms with van der Waals surface area (Å²) in [7, 11) is -3.57. The number of carbonyl (C=O) groups excluding carboxylic acids is 1. The van der Waals surface area contributed by atoms with Crippen molar-refractivity contribution in [2.45, 2.75) is 41.1 Å². The zero-order valence-electron chi connectivity index (χ0n) is 13.1. The van der Waals surface area contributed by atoms with Gasteiger partial charge in [-0.1, -0.05) is 18.2 Å². The van der Waals surface area contributed by atoms with Crippen molar-refractivity contribution >= 4 is 21.4 Å². The van der Waals surface area contributed by atoms with E-state index >= 15 is 0 Å². The molecule has 0 spiro atoms. The SMILES string of the molecule is O=C(Nc1ccc(S(=O)(=O)c2ccccc2)cc1)C1(O)CCCC1. The topological polar surface area (TPSA) is 83.5 Å². The highest BCUT2D eigenvalue weighted by Gasteiger charge is 2.38. The van der Waals surface area contributed by atoms with Crippen molar-refractivity contribution in [1.29, 1.82) is 0 Å². The molecule has 0 aromatic heterocycles. The maximum atomic E-state index is 12.5. The summed E-state index contributed by atoms with van der Waals surface area (Å²) in [6.45, 7) is 0. The molecule has 5 nitrogen and oxygen atoms in total. The van der Waals surface area contributed by atoms with Crippen LogP contribution in [0.15, 0.2) is 64.4 Å². The third-order valence-corrected chi connectivity index (χ3v) is 6.11. The molecule has 6 heteroatoms. The molecule has 0 aliphatic heterocycles. The van der Waals surface area contributed by atoms with Crippen LogP contribution < -0.4 is 5.32 Å². The molecular weight excluding hydrogens is 326 g/mol. The van der Waals surface area contributed by atoms with E-state index < -0.39 is 21.3 Å². The van der Waals surface area contributed by atoms with Gasteiger partial charge in [0.05, 0.1) is 9.79 Å². The van der Waals surface area contributed by atoms with Gasteiger partial charge >= 0.3 is 0 Å². The van der Waals surface area contributed by atoms with Gasteiger partial charge in [0.1, 0.15) is 5.60 Å². The van der Waals surface area contributed by atoms with Gasteiger partial charge in [0.25, 0.3) is 5.91 Å². The second-order valence-electron chi connectivity index (χ2n) is 6.03. The molecule has 126 valence electrons. The van der Waals surface area contributed by atoms with E-state index in [4.69, 9.17) is 0 Å². The molecule has 3 rings (SSSR count). The largest absolute Gasteiger partial charge is 0.380 e. The summed E-state index contributed by atoms with van der Waals surface area (Å²) < 4.78 is 25.0. The van der Waals surface area contributed by atoms with Crippen LogP contribution in [0.25, 0.3) is 0 Å². The van der Waals surface area contributed by atoms with Crippen molar-refractivity contribution in [2.75, 3.05) is 5.32 Å². The van der Waals surface area contributed by atoms with E-state index in [0.717, 1.165) is 12.8 Å². The van der Waals surface area contributed by atoms with Crippen molar-refractivity contribution in [3.05, 3.63) is 54.6 Å². The molecule has 0 atom stereocenters. The van der Waals surface area contributed by atoms with Gasteiger partial charge < -0.3 is 10.4 Å². The third kappa shape index (κ3) is 3.20. The maximum Gasteiger partial charge on any atom is 0.256 e. The van der Waals surface area contributed by atoms with Crippen LogP contribution in [-0.4, -0.2) is 25.0 Å². The van der Waals surface area contributed by atoms with E-state index in [-0.39, 0.29) is 9.79 Å². The number of hydrogen-bond acceptors (Lipinski definition) is 4. The number of hydrogen-bond donors (Lipinski definition) is 2. The zero-order valence-corrected chi connectivity index (χ0v) is 13.9. The van der Waals surface area contributed by atoms with Crippen LogP contribution in [-0.2, 0) is 14.6 Å². The molecule has 1 saturated carbocycles. The lowest BCUT2D eigenvalue weighted by molar-refractivity contribution is -0.133. The highest BCUT2D eigenvalue weighted by Crippen LogP contribution is 2.31. The number of nitrogens with one attached hydrogen (secondary N) is 1. The molecule has 24 heavy (non-hydrogen) atoms. The molecule has 0 bridgehead atoms. The summed E-state index contributed by atoms with van der Waals surface area (Å²) in [6, 6.07) is 14.2. The van der Waals surface area contributed by atoms with Gasteiger partial charge in [-0.3, -0.25) is 4.79 Å². The first kappa shape index (κ1) is 16.7. The molecule has 0 saturated heterocycles. The minimum Gasteiger partial charge on any atom is -0.380 e. The molecule has 1 amide bonds. The predicted molar refractivity (Wildman–Crippen MR) is 90.4 cm³/mol. The number of anilines is 1. The fraction of sp³-hybridized carbons (Fsp3) is 0.278. The van der Waals surface area contributed by atoms with Crippen molar-refractivity contribution in [3.63, 3.8) is 0 Å². The number of aliphatic hydroxyl groups is 1. The van der Waals surface area contributed by atoms with E-state index in [1.54, 1.807) is 30.3 Å². The van der Waals surface area contributed by atoms with E-state index in [1.807, 2.05) is 0 Å². The second kappa shape index (κ2) is 6.37. The molecule has 0 heterocycles. The predicted octanol–water partition coefficient (Wildman–Crippen LogP) is 2.76. The van der Waals surface area contributed by atoms with E-state index in [2.05, 4.69) is 5.32 Å². The fourth-order valence-electron chi connectivity index (χ4n) is 2.89. The molecule has 1 aliphatic carbocycles. The summed E-state index contributed by atoms with van der Waals surface area (Å²) >= 11 is 0. The molecule has 2 aromatic rings. The molecular formula is C18H19NO4S. The van der Waals surface area contributed by atoms with Crippen LogP contribution in [0.5, 0.6) is 0 Å². The first-order chi connectivity index (χ1) is 11.4. The molecule has 2 aromatic carbocycles. The number of carbonyl (C=O) groups is 1. The molecule has 1 aliphatic rings. The highest BCUT2D eigenvalue weighted by atomic mass is 32.2. The quantitative estimate of drug-likeness (QED) is 0.892. The Morgan fingerprint density at radius 1 is 0.917 bits per heavy atom. The summed E-state index contributed by atoms with van der Waals surface area (Å²) in [5.41, 5.74) is -0.846. The number of sulfone groups is 1. The van der Waals surface area contributed by atoms with Gasteiger partial charge in [0.15, 0.2) is 0 Å². The summed E-state index contributed by atoms with van der Waals surface area (Å²) in [5.74, 6) is -0.432. The fourth-order valence-corrected chi connectivity index (χ4v) is 4.17. The van der Waals surface area contributed by atoms with Gasteiger partial charge in [-0.15, -0.1) is 0 Å².